The van der Waals surface area contributed by atoms with Gasteiger partial charge in [-0.1, -0.05) is 22.0 Å². The fraction of sp³-hybridized carbons (Fsp3) is 0.455. The van der Waals surface area contributed by atoms with E-state index in [1.165, 1.54) is 5.56 Å². The second kappa shape index (κ2) is 4.01. The van der Waals surface area contributed by atoms with Gasteiger partial charge in [-0.25, -0.2) is 0 Å². The van der Waals surface area contributed by atoms with E-state index >= 15 is 0 Å². The van der Waals surface area contributed by atoms with Crippen LogP contribution in [0, 0.1) is 0 Å². The van der Waals surface area contributed by atoms with Crippen molar-refractivity contribution in [2.45, 2.75) is 31.4 Å². The molecule has 0 fully saturated rings. The summed E-state index contributed by atoms with van der Waals surface area (Å²) in [5, 5.41) is 9.96. The zero-order valence-electron chi connectivity index (χ0n) is 7.91. The van der Waals surface area contributed by atoms with E-state index in [0.717, 1.165) is 29.3 Å². The van der Waals surface area contributed by atoms with E-state index in [4.69, 9.17) is 5.73 Å². The van der Waals surface area contributed by atoms with Crippen molar-refractivity contribution in [2.75, 3.05) is 0 Å². The maximum Gasteiger partial charge on any atom is 0.0943 e. The molecule has 0 radical (unpaired) electrons. The van der Waals surface area contributed by atoms with Crippen LogP contribution in [-0.2, 0) is 6.42 Å². The molecule has 1 aromatic rings. The van der Waals surface area contributed by atoms with Crippen LogP contribution in [0.15, 0.2) is 22.7 Å². The third-order valence-corrected chi connectivity index (χ3v) is 3.31. The fourth-order valence-corrected chi connectivity index (χ4v) is 2.40. The van der Waals surface area contributed by atoms with Crippen LogP contribution in [0.25, 0.3) is 0 Å². The lowest BCUT2D eigenvalue weighted by atomic mass is 9.99. The highest BCUT2D eigenvalue weighted by Crippen LogP contribution is 2.29. The van der Waals surface area contributed by atoms with Crippen molar-refractivity contribution in [3.63, 3.8) is 0 Å². The Bertz CT molecular complexity index is 340. The Labute approximate surface area is 92.3 Å². The van der Waals surface area contributed by atoms with Gasteiger partial charge in [0.05, 0.1) is 6.10 Å². The van der Waals surface area contributed by atoms with Crippen molar-refractivity contribution in [3.05, 3.63) is 33.8 Å². The molecule has 1 aliphatic rings. The summed E-state index contributed by atoms with van der Waals surface area (Å²) in [5.74, 6) is 0. The lowest BCUT2D eigenvalue weighted by molar-refractivity contribution is 0.144. The standard InChI is InChI=1S/C11H14BrNO/c12-8-4-5-9-7(6-8)2-1-3-10(13)11(9)14/h4-6,10-11,14H,1-3,13H2/t10-,11+/m0/s1. The first kappa shape index (κ1) is 10.1. The molecule has 14 heavy (non-hydrogen) atoms. The van der Waals surface area contributed by atoms with E-state index in [9.17, 15) is 5.11 Å². The summed E-state index contributed by atoms with van der Waals surface area (Å²) in [6.07, 6.45) is 2.47. The molecule has 1 aromatic carbocycles. The van der Waals surface area contributed by atoms with E-state index < -0.39 is 6.10 Å². The van der Waals surface area contributed by atoms with Crippen molar-refractivity contribution < 1.29 is 5.11 Å². The van der Waals surface area contributed by atoms with Gasteiger partial charge in [0.2, 0.25) is 0 Å². The molecule has 3 N–H and O–H groups in total. The van der Waals surface area contributed by atoms with Crippen LogP contribution in [0.2, 0.25) is 0 Å². The van der Waals surface area contributed by atoms with Gasteiger partial charge in [-0.15, -0.1) is 0 Å². The molecule has 3 heteroatoms. The van der Waals surface area contributed by atoms with E-state index in [2.05, 4.69) is 22.0 Å². The number of aryl methyl sites for hydroxylation is 1. The number of aliphatic hydroxyl groups excluding tert-OH is 1. The molecule has 0 amide bonds. The Hall–Kier alpha value is -0.380. The number of hydrogen-bond acceptors (Lipinski definition) is 2. The van der Waals surface area contributed by atoms with Crippen molar-refractivity contribution in [2.24, 2.45) is 5.73 Å². The normalized spacial score (nSPS) is 26.8. The van der Waals surface area contributed by atoms with Gasteiger partial charge >= 0.3 is 0 Å². The van der Waals surface area contributed by atoms with E-state index in [1.807, 2.05) is 12.1 Å². The molecular formula is C11H14BrNO. The number of hydrogen-bond donors (Lipinski definition) is 2. The lowest BCUT2D eigenvalue weighted by Crippen LogP contribution is -2.27. The summed E-state index contributed by atoms with van der Waals surface area (Å²) in [6, 6.07) is 5.89. The van der Waals surface area contributed by atoms with Crippen LogP contribution in [0.4, 0.5) is 0 Å². The van der Waals surface area contributed by atoms with Crippen molar-refractivity contribution >= 4 is 15.9 Å². The van der Waals surface area contributed by atoms with Crippen molar-refractivity contribution in [1.29, 1.82) is 0 Å². The van der Waals surface area contributed by atoms with E-state index in [0.29, 0.717) is 0 Å². The maximum atomic E-state index is 9.96. The number of rotatable bonds is 0. The summed E-state index contributed by atoms with van der Waals surface area (Å²) >= 11 is 3.44. The minimum atomic E-state index is -0.499. The van der Waals surface area contributed by atoms with Gasteiger partial charge in [0.25, 0.3) is 0 Å². The smallest absolute Gasteiger partial charge is 0.0943 e. The van der Waals surface area contributed by atoms with Crippen LogP contribution < -0.4 is 5.73 Å². The predicted octanol–water partition coefficient (Wildman–Crippen LogP) is 2.15. The Balaban J connectivity index is 2.43. The molecular weight excluding hydrogens is 242 g/mol. The first-order valence-corrected chi connectivity index (χ1v) is 5.70. The highest BCUT2D eigenvalue weighted by Gasteiger charge is 2.22. The Morgan fingerprint density at radius 2 is 2.21 bits per heavy atom. The van der Waals surface area contributed by atoms with Gasteiger partial charge in [-0.05, 0) is 42.5 Å². The second-order valence-corrected chi connectivity index (χ2v) is 4.76. The SMILES string of the molecule is N[C@H]1CCCc2cc(Br)ccc2[C@H]1O. The Kier molecular flexibility index (Phi) is 2.91. The Morgan fingerprint density at radius 1 is 1.43 bits per heavy atom. The van der Waals surface area contributed by atoms with Gasteiger partial charge in [0, 0.05) is 10.5 Å². The van der Waals surface area contributed by atoms with Crippen LogP contribution in [0.1, 0.15) is 30.1 Å². The highest BCUT2D eigenvalue weighted by molar-refractivity contribution is 9.10. The third kappa shape index (κ3) is 1.85. The molecule has 0 aromatic heterocycles. The largest absolute Gasteiger partial charge is 0.387 e. The maximum absolute atomic E-state index is 9.96. The minimum Gasteiger partial charge on any atom is -0.387 e. The van der Waals surface area contributed by atoms with Crippen LogP contribution in [0.5, 0.6) is 0 Å². The first-order chi connectivity index (χ1) is 6.68. The number of nitrogens with two attached hydrogens (primary N) is 1. The molecule has 2 nitrogen and oxygen atoms in total. The zero-order chi connectivity index (χ0) is 10.1. The average Bonchev–Trinajstić information content (AvgIpc) is 2.28. The summed E-state index contributed by atoms with van der Waals surface area (Å²) in [6.45, 7) is 0. The van der Waals surface area contributed by atoms with Gasteiger partial charge in [-0.2, -0.15) is 0 Å². The number of halogens is 1. The highest BCUT2D eigenvalue weighted by atomic mass is 79.9. The van der Waals surface area contributed by atoms with Crippen LogP contribution in [-0.4, -0.2) is 11.1 Å². The first-order valence-electron chi connectivity index (χ1n) is 4.90. The number of aliphatic hydroxyl groups is 1. The average molecular weight is 256 g/mol. The summed E-state index contributed by atoms with van der Waals surface area (Å²) < 4.78 is 1.07. The van der Waals surface area contributed by atoms with Crippen LogP contribution in [0.3, 0.4) is 0 Å². The molecule has 2 rings (SSSR count). The fourth-order valence-electron chi connectivity index (χ4n) is 2.00. The topological polar surface area (TPSA) is 46.2 Å². The zero-order valence-corrected chi connectivity index (χ0v) is 9.50. The van der Waals surface area contributed by atoms with Crippen molar-refractivity contribution in [1.82, 2.24) is 0 Å². The van der Waals surface area contributed by atoms with Gasteiger partial charge in [0.15, 0.2) is 0 Å². The molecule has 0 aliphatic heterocycles. The van der Waals surface area contributed by atoms with Gasteiger partial charge in [0.1, 0.15) is 0 Å². The quantitative estimate of drug-likeness (QED) is 0.698. The summed E-state index contributed by atoms with van der Waals surface area (Å²) in [5.41, 5.74) is 8.09. The number of fused-ring (bicyclic) bond motifs is 1. The van der Waals surface area contributed by atoms with E-state index in [1.54, 1.807) is 0 Å². The lowest BCUT2D eigenvalue weighted by Gasteiger charge is -2.17. The minimum absolute atomic E-state index is 0.113. The molecule has 0 unspecified atom stereocenters. The molecule has 0 saturated heterocycles. The third-order valence-electron chi connectivity index (χ3n) is 2.81. The number of benzene rings is 1. The Morgan fingerprint density at radius 3 is 3.00 bits per heavy atom. The monoisotopic (exact) mass is 255 g/mol. The second-order valence-electron chi connectivity index (χ2n) is 3.84. The molecule has 2 atom stereocenters. The van der Waals surface area contributed by atoms with Crippen LogP contribution >= 0.6 is 15.9 Å². The van der Waals surface area contributed by atoms with Crippen molar-refractivity contribution in [3.8, 4) is 0 Å². The molecule has 76 valence electrons. The molecule has 0 spiro atoms. The van der Waals surface area contributed by atoms with Gasteiger partial charge in [-0.3, -0.25) is 0 Å². The van der Waals surface area contributed by atoms with E-state index in [-0.39, 0.29) is 6.04 Å². The summed E-state index contributed by atoms with van der Waals surface area (Å²) in [7, 11) is 0. The molecule has 0 heterocycles. The molecule has 0 saturated carbocycles. The summed E-state index contributed by atoms with van der Waals surface area (Å²) in [4.78, 5) is 0. The molecule has 0 bridgehead atoms. The molecule has 1 aliphatic carbocycles. The van der Waals surface area contributed by atoms with Gasteiger partial charge < -0.3 is 10.8 Å². The predicted molar refractivity (Wildman–Crippen MR) is 60.0 cm³/mol.